The Labute approximate surface area is 205 Å². The second-order valence-electron chi connectivity index (χ2n) is 9.63. The van der Waals surface area contributed by atoms with Crippen LogP contribution in [0.2, 0.25) is 0 Å². The summed E-state index contributed by atoms with van der Waals surface area (Å²) in [5.74, 6) is 1.13. The fourth-order valence-corrected chi connectivity index (χ4v) is 5.68. The van der Waals surface area contributed by atoms with Gasteiger partial charge in [-0.05, 0) is 35.2 Å². The number of hydrogen-bond donors (Lipinski definition) is 0. The van der Waals surface area contributed by atoms with Gasteiger partial charge in [0.1, 0.15) is 5.82 Å². The van der Waals surface area contributed by atoms with Crippen LogP contribution in [-0.4, -0.2) is 48.5 Å². The van der Waals surface area contributed by atoms with Crippen LogP contribution in [0.3, 0.4) is 0 Å². The van der Waals surface area contributed by atoms with Gasteiger partial charge in [-0.3, -0.25) is 9.69 Å². The van der Waals surface area contributed by atoms with Crippen LogP contribution in [-0.2, 0) is 16.1 Å². The predicted octanol–water partition coefficient (Wildman–Crippen LogP) is 5.22. The van der Waals surface area contributed by atoms with Crippen molar-refractivity contribution < 1.29 is 9.53 Å². The van der Waals surface area contributed by atoms with Crippen LogP contribution in [0.5, 0.6) is 0 Å². The van der Waals surface area contributed by atoms with E-state index in [1.165, 1.54) is 4.88 Å². The Bertz CT molecular complexity index is 1150. The maximum absolute atomic E-state index is 13.8. The molecule has 5 nitrogen and oxygen atoms in total. The molecule has 0 N–H and O–H groups in total. The first kappa shape index (κ1) is 23.0. The lowest BCUT2D eigenvalue weighted by atomic mass is 9.74. The third-order valence-electron chi connectivity index (χ3n) is 6.58. The largest absolute Gasteiger partial charge is 0.378 e. The molecular weight excluding hydrogens is 442 g/mol. The van der Waals surface area contributed by atoms with Crippen molar-refractivity contribution in [1.82, 2.24) is 9.88 Å². The lowest BCUT2D eigenvalue weighted by Crippen LogP contribution is -2.48. The van der Waals surface area contributed by atoms with Gasteiger partial charge in [0, 0.05) is 42.0 Å². The Hall–Kier alpha value is -2.80. The number of pyridine rings is 1. The van der Waals surface area contributed by atoms with Gasteiger partial charge in [0.25, 0.3) is 0 Å². The minimum absolute atomic E-state index is 0.113. The standard InChI is InChI=1S/C28H31N3O2S/c1-28(2)20-31(19-23-11-7-17-34-23)26(21-8-4-3-5-9-21)24(27(28)32)18-22-10-6-12-25(29-22)30-13-15-33-16-14-30/h3-12,17-18,26H,13-16,19-20H2,1-2H3. The summed E-state index contributed by atoms with van der Waals surface area (Å²) in [5, 5.41) is 2.12. The molecule has 0 amide bonds. The van der Waals surface area contributed by atoms with Crippen LogP contribution in [0.25, 0.3) is 6.08 Å². The fourth-order valence-electron chi connectivity index (χ4n) is 4.95. The SMILES string of the molecule is CC1(C)CN(Cc2cccs2)C(c2ccccc2)C(=Cc2cccc(N3CCOCC3)n2)C1=O. The normalized spacial score (nSPS) is 22.3. The van der Waals surface area contributed by atoms with Gasteiger partial charge in [-0.25, -0.2) is 4.98 Å². The molecule has 5 rings (SSSR count). The minimum Gasteiger partial charge on any atom is -0.378 e. The average molecular weight is 474 g/mol. The monoisotopic (exact) mass is 473 g/mol. The first-order valence-electron chi connectivity index (χ1n) is 11.9. The van der Waals surface area contributed by atoms with Crippen molar-refractivity contribution in [2.75, 3.05) is 37.7 Å². The summed E-state index contributed by atoms with van der Waals surface area (Å²) < 4.78 is 5.50. The van der Waals surface area contributed by atoms with E-state index >= 15 is 0 Å². The third-order valence-corrected chi connectivity index (χ3v) is 7.44. The molecule has 2 fully saturated rings. The number of piperidine rings is 1. The Balaban J connectivity index is 1.57. The highest BCUT2D eigenvalue weighted by atomic mass is 32.1. The predicted molar refractivity (Wildman–Crippen MR) is 138 cm³/mol. The van der Waals surface area contributed by atoms with E-state index in [1.807, 2.05) is 30.3 Å². The average Bonchev–Trinajstić information content (AvgIpc) is 3.37. The number of rotatable bonds is 5. The van der Waals surface area contributed by atoms with Gasteiger partial charge in [-0.15, -0.1) is 11.3 Å². The number of anilines is 1. The summed E-state index contributed by atoms with van der Waals surface area (Å²) in [6.07, 6.45) is 2.02. The van der Waals surface area contributed by atoms with Gasteiger partial charge < -0.3 is 9.64 Å². The number of carbonyl (C=O) groups excluding carboxylic acids is 1. The summed E-state index contributed by atoms with van der Waals surface area (Å²) >= 11 is 1.76. The fraction of sp³-hybridized carbons (Fsp3) is 0.357. The Morgan fingerprint density at radius 1 is 1.06 bits per heavy atom. The third kappa shape index (κ3) is 4.85. The number of thiophene rings is 1. The molecule has 176 valence electrons. The van der Waals surface area contributed by atoms with E-state index in [4.69, 9.17) is 9.72 Å². The zero-order chi connectivity index (χ0) is 23.5. The van der Waals surface area contributed by atoms with E-state index in [-0.39, 0.29) is 11.8 Å². The number of morpholine rings is 1. The van der Waals surface area contributed by atoms with Crippen LogP contribution in [0, 0.1) is 5.41 Å². The highest BCUT2D eigenvalue weighted by molar-refractivity contribution is 7.09. The second-order valence-corrected chi connectivity index (χ2v) is 10.7. The van der Waals surface area contributed by atoms with E-state index in [9.17, 15) is 4.79 Å². The molecule has 3 aromatic rings. The molecule has 2 aliphatic heterocycles. The van der Waals surface area contributed by atoms with Crippen molar-refractivity contribution in [1.29, 1.82) is 0 Å². The molecule has 2 aliphatic rings. The van der Waals surface area contributed by atoms with Gasteiger partial charge in [-0.2, -0.15) is 0 Å². The van der Waals surface area contributed by atoms with Crippen molar-refractivity contribution in [2.24, 2.45) is 5.41 Å². The summed E-state index contributed by atoms with van der Waals surface area (Å²) in [6.45, 7) is 8.74. The summed E-state index contributed by atoms with van der Waals surface area (Å²) in [6, 6.07) is 20.6. The molecule has 0 spiro atoms. The van der Waals surface area contributed by atoms with Crippen molar-refractivity contribution in [3.8, 4) is 0 Å². The smallest absolute Gasteiger partial charge is 0.167 e. The zero-order valence-electron chi connectivity index (χ0n) is 19.8. The Morgan fingerprint density at radius 3 is 2.59 bits per heavy atom. The van der Waals surface area contributed by atoms with Crippen molar-refractivity contribution >= 4 is 29.0 Å². The zero-order valence-corrected chi connectivity index (χ0v) is 20.6. The molecule has 0 saturated carbocycles. The minimum atomic E-state index is -0.476. The van der Waals surface area contributed by atoms with Crippen molar-refractivity contribution in [3.05, 3.63) is 87.8 Å². The number of likely N-dealkylation sites (tertiary alicyclic amines) is 1. The molecule has 6 heteroatoms. The molecule has 0 bridgehead atoms. The summed E-state index contributed by atoms with van der Waals surface area (Å²) in [4.78, 5) is 24.7. The molecule has 2 saturated heterocycles. The first-order valence-corrected chi connectivity index (χ1v) is 12.8. The molecular formula is C28H31N3O2S. The molecule has 2 aromatic heterocycles. The number of hydrogen-bond acceptors (Lipinski definition) is 6. The first-order chi connectivity index (χ1) is 16.5. The van der Waals surface area contributed by atoms with E-state index in [0.717, 1.165) is 42.3 Å². The number of ketones is 1. The van der Waals surface area contributed by atoms with Crippen LogP contribution >= 0.6 is 11.3 Å². The van der Waals surface area contributed by atoms with E-state index in [0.29, 0.717) is 19.8 Å². The van der Waals surface area contributed by atoms with E-state index < -0.39 is 5.41 Å². The van der Waals surface area contributed by atoms with Gasteiger partial charge >= 0.3 is 0 Å². The summed E-state index contributed by atoms with van der Waals surface area (Å²) in [5.41, 5.74) is 2.29. The molecule has 1 aromatic carbocycles. The number of carbonyl (C=O) groups is 1. The maximum Gasteiger partial charge on any atom is 0.167 e. The number of ether oxygens (including phenoxy) is 1. The Morgan fingerprint density at radius 2 is 1.85 bits per heavy atom. The molecule has 4 heterocycles. The molecule has 34 heavy (non-hydrogen) atoms. The van der Waals surface area contributed by atoms with Crippen LogP contribution in [0.1, 0.15) is 36.0 Å². The summed E-state index contributed by atoms with van der Waals surface area (Å²) in [7, 11) is 0. The van der Waals surface area contributed by atoms with Crippen LogP contribution < -0.4 is 4.90 Å². The lowest BCUT2D eigenvalue weighted by Gasteiger charge is -2.44. The van der Waals surface area contributed by atoms with Gasteiger partial charge in [-0.1, -0.05) is 56.3 Å². The number of nitrogens with zero attached hydrogens (tertiary/aromatic N) is 3. The lowest BCUT2D eigenvalue weighted by molar-refractivity contribution is -0.128. The topological polar surface area (TPSA) is 45.7 Å². The molecule has 0 radical (unpaired) electrons. The van der Waals surface area contributed by atoms with Crippen molar-refractivity contribution in [3.63, 3.8) is 0 Å². The highest BCUT2D eigenvalue weighted by Gasteiger charge is 2.44. The van der Waals surface area contributed by atoms with Crippen molar-refractivity contribution in [2.45, 2.75) is 26.4 Å². The highest BCUT2D eigenvalue weighted by Crippen LogP contribution is 2.42. The molecule has 1 atom stereocenters. The molecule has 0 aliphatic carbocycles. The van der Waals surface area contributed by atoms with Crippen LogP contribution in [0.4, 0.5) is 5.82 Å². The quantitative estimate of drug-likeness (QED) is 0.476. The Kier molecular flexibility index (Phi) is 6.63. The molecule has 1 unspecified atom stereocenters. The second kappa shape index (κ2) is 9.82. The van der Waals surface area contributed by atoms with Crippen LogP contribution in [0.15, 0.2) is 71.6 Å². The van der Waals surface area contributed by atoms with Gasteiger partial charge in [0.15, 0.2) is 5.78 Å². The number of aromatic nitrogens is 1. The van der Waals surface area contributed by atoms with Gasteiger partial charge in [0.2, 0.25) is 0 Å². The maximum atomic E-state index is 13.8. The van der Waals surface area contributed by atoms with Gasteiger partial charge in [0.05, 0.1) is 24.9 Å². The number of Topliss-reactive ketones (excluding diaryl/α,β-unsaturated/α-hetero) is 1. The number of benzene rings is 1. The van der Waals surface area contributed by atoms with E-state index in [1.54, 1.807) is 11.3 Å². The van der Waals surface area contributed by atoms with E-state index in [2.05, 4.69) is 65.4 Å².